The molecular formula is C19H14B3F3N2O2. The normalized spacial score (nSPS) is 12.1. The summed E-state index contributed by atoms with van der Waals surface area (Å²) in [5.74, 6) is -0.395. The minimum atomic E-state index is -4.38. The average molecular weight is 392 g/mol. The number of benzene rings is 2. The number of halogens is 3. The van der Waals surface area contributed by atoms with Crippen molar-refractivity contribution < 1.29 is 22.7 Å². The number of hydrogen-bond acceptors (Lipinski definition) is 2. The number of aromatic amines is 1. The van der Waals surface area contributed by atoms with Gasteiger partial charge in [-0.25, -0.2) is 0 Å². The van der Waals surface area contributed by atoms with E-state index >= 15 is 0 Å². The molecule has 2 N–H and O–H groups in total. The van der Waals surface area contributed by atoms with E-state index in [4.69, 9.17) is 28.3 Å². The third-order valence-electron chi connectivity index (χ3n) is 4.23. The highest BCUT2D eigenvalue weighted by Gasteiger charge is 2.30. The number of anilines is 1. The van der Waals surface area contributed by atoms with Crippen molar-refractivity contribution >= 4 is 46.0 Å². The van der Waals surface area contributed by atoms with Gasteiger partial charge in [0.15, 0.2) is 0 Å². The Labute approximate surface area is 169 Å². The molecule has 6 radical (unpaired) electrons. The predicted molar refractivity (Wildman–Crippen MR) is 108 cm³/mol. The van der Waals surface area contributed by atoms with E-state index in [1.54, 1.807) is 6.20 Å². The fourth-order valence-electron chi connectivity index (χ4n) is 2.68. The van der Waals surface area contributed by atoms with Crippen molar-refractivity contribution in [2.24, 2.45) is 0 Å². The molecule has 0 fully saturated rings. The van der Waals surface area contributed by atoms with Gasteiger partial charge in [-0.15, -0.1) is 0 Å². The standard InChI is InChI=1S/C19H14B3F3N2O2/c20-18(21,22)17(28)27-16-10-26-15-6-1-11(9-14(15)16)7-8-29-13-4-2-12(3-5-13)19(23,24)25/h1-6,9-10,26H,7-8H2,(H,27,28). The van der Waals surface area contributed by atoms with Crippen LogP contribution >= 0.6 is 0 Å². The van der Waals surface area contributed by atoms with Crippen molar-refractivity contribution in [3.8, 4) is 5.75 Å². The van der Waals surface area contributed by atoms with E-state index in [2.05, 4.69) is 10.3 Å². The molecule has 0 aliphatic rings. The number of nitrogens with one attached hydrogen (secondary N) is 2. The van der Waals surface area contributed by atoms with E-state index in [9.17, 15) is 18.0 Å². The molecule has 0 unspecified atom stereocenters. The third kappa shape index (κ3) is 5.19. The molecule has 3 aromatic rings. The van der Waals surface area contributed by atoms with Crippen LogP contribution in [0, 0.1) is 0 Å². The Kier molecular flexibility index (Phi) is 5.73. The minimum Gasteiger partial charge on any atom is -0.493 e. The van der Waals surface area contributed by atoms with E-state index in [1.165, 1.54) is 12.1 Å². The zero-order valence-corrected chi connectivity index (χ0v) is 15.2. The van der Waals surface area contributed by atoms with Crippen LogP contribution in [0.3, 0.4) is 0 Å². The van der Waals surface area contributed by atoms with Gasteiger partial charge < -0.3 is 15.0 Å². The third-order valence-corrected chi connectivity index (χ3v) is 4.23. The van der Waals surface area contributed by atoms with Gasteiger partial charge in [-0.3, -0.25) is 4.79 Å². The molecule has 0 spiro atoms. The second-order valence-electron chi connectivity index (χ2n) is 6.59. The summed E-state index contributed by atoms with van der Waals surface area (Å²) >= 11 is 0. The summed E-state index contributed by atoms with van der Waals surface area (Å²) in [5.41, 5.74) is 1.43. The van der Waals surface area contributed by atoms with Crippen molar-refractivity contribution in [2.45, 2.75) is 17.7 Å². The van der Waals surface area contributed by atoms with E-state index in [0.29, 0.717) is 17.9 Å². The summed E-state index contributed by atoms with van der Waals surface area (Å²) in [5, 5.41) is 1.29. The first-order chi connectivity index (χ1) is 13.5. The van der Waals surface area contributed by atoms with Crippen LogP contribution in [-0.4, -0.2) is 41.0 Å². The molecule has 0 aliphatic heterocycles. The molecule has 1 amide bonds. The Morgan fingerprint density at radius 1 is 1.07 bits per heavy atom. The molecule has 0 atom stereocenters. The lowest BCUT2D eigenvalue weighted by molar-refractivity contribution is -0.137. The van der Waals surface area contributed by atoms with Gasteiger partial charge in [0.1, 0.15) is 5.75 Å². The fraction of sp³-hybridized carbons (Fsp3) is 0.211. The van der Waals surface area contributed by atoms with Crippen molar-refractivity contribution in [1.82, 2.24) is 4.98 Å². The lowest BCUT2D eigenvalue weighted by atomic mass is 9.42. The number of ether oxygens (including phenoxy) is 1. The molecule has 0 saturated carbocycles. The second kappa shape index (κ2) is 7.93. The number of aromatic nitrogens is 1. The molecule has 142 valence electrons. The van der Waals surface area contributed by atoms with Crippen LogP contribution in [-0.2, 0) is 17.4 Å². The molecule has 0 bridgehead atoms. The molecule has 0 aliphatic carbocycles. The first-order valence-corrected chi connectivity index (χ1v) is 8.62. The largest absolute Gasteiger partial charge is 0.493 e. The smallest absolute Gasteiger partial charge is 0.416 e. The fourth-order valence-corrected chi connectivity index (χ4v) is 2.68. The average Bonchev–Trinajstić information content (AvgIpc) is 3.03. The van der Waals surface area contributed by atoms with Crippen molar-refractivity contribution in [3.63, 3.8) is 0 Å². The maximum absolute atomic E-state index is 12.6. The number of hydrogen-bond donors (Lipinski definition) is 2. The van der Waals surface area contributed by atoms with E-state index < -0.39 is 22.8 Å². The van der Waals surface area contributed by atoms with Gasteiger partial charge in [0.05, 0.1) is 41.4 Å². The number of amides is 1. The highest BCUT2D eigenvalue weighted by Crippen LogP contribution is 2.30. The molecule has 3 rings (SSSR count). The van der Waals surface area contributed by atoms with E-state index in [1.807, 2.05) is 18.2 Å². The lowest BCUT2D eigenvalue weighted by Crippen LogP contribution is -2.30. The summed E-state index contributed by atoms with van der Waals surface area (Å²) in [6, 6.07) is 10.1. The van der Waals surface area contributed by atoms with Crippen LogP contribution in [0.1, 0.15) is 11.1 Å². The molecule has 1 heterocycles. The quantitative estimate of drug-likeness (QED) is 0.633. The Morgan fingerprint density at radius 2 is 1.76 bits per heavy atom. The Hall–Kier alpha value is -2.77. The Bertz CT molecular complexity index is 1010. The number of alkyl halides is 3. The van der Waals surface area contributed by atoms with Crippen molar-refractivity contribution in [3.05, 3.63) is 59.8 Å². The van der Waals surface area contributed by atoms with Gasteiger partial charge in [0.25, 0.3) is 0 Å². The van der Waals surface area contributed by atoms with Crippen LogP contribution in [0.2, 0.25) is 5.11 Å². The second-order valence-corrected chi connectivity index (χ2v) is 6.59. The van der Waals surface area contributed by atoms with Gasteiger partial charge in [-0.1, -0.05) is 11.2 Å². The van der Waals surface area contributed by atoms with Crippen molar-refractivity contribution in [1.29, 1.82) is 0 Å². The summed E-state index contributed by atoms with van der Waals surface area (Å²) in [6.45, 7) is 0.264. The topological polar surface area (TPSA) is 54.1 Å². The molecular weight excluding hydrogens is 378 g/mol. The Morgan fingerprint density at radius 3 is 2.38 bits per heavy atom. The number of carbonyl (C=O) groups excluding carboxylic acids is 1. The summed E-state index contributed by atoms with van der Waals surface area (Å²) < 4.78 is 43.3. The number of H-pyrrole nitrogens is 1. The summed E-state index contributed by atoms with van der Waals surface area (Å²) in [4.78, 5) is 14.9. The SMILES string of the molecule is [B]C([B])([B])C(=O)Nc1c[nH]c2ccc(CCOc3ccc(C(F)(F)F)cc3)cc12. The molecule has 0 saturated heterocycles. The van der Waals surface area contributed by atoms with Gasteiger partial charge in [0.2, 0.25) is 5.91 Å². The van der Waals surface area contributed by atoms with Crippen LogP contribution in [0.15, 0.2) is 48.7 Å². The Balaban J connectivity index is 1.65. The van der Waals surface area contributed by atoms with Gasteiger partial charge in [-0.05, 0) is 42.0 Å². The monoisotopic (exact) mass is 392 g/mol. The van der Waals surface area contributed by atoms with Gasteiger partial charge in [-0.2, -0.15) is 13.2 Å². The van der Waals surface area contributed by atoms with Crippen LogP contribution in [0.4, 0.5) is 18.9 Å². The van der Waals surface area contributed by atoms with Crippen LogP contribution in [0.5, 0.6) is 5.75 Å². The maximum Gasteiger partial charge on any atom is 0.416 e. The first kappa shape index (κ1) is 21.0. The zero-order chi connectivity index (χ0) is 21.2. The summed E-state index contributed by atoms with van der Waals surface area (Å²) in [6.07, 6.45) is -2.28. The number of fused-ring (bicyclic) bond motifs is 1. The lowest BCUT2D eigenvalue weighted by Gasteiger charge is -2.18. The molecule has 4 nitrogen and oxygen atoms in total. The zero-order valence-electron chi connectivity index (χ0n) is 15.2. The van der Waals surface area contributed by atoms with Crippen LogP contribution < -0.4 is 10.1 Å². The molecule has 29 heavy (non-hydrogen) atoms. The van der Waals surface area contributed by atoms with Crippen molar-refractivity contribution in [2.75, 3.05) is 11.9 Å². The maximum atomic E-state index is 12.6. The molecule has 10 heteroatoms. The summed E-state index contributed by atoms with van der Waals surface area (Å²) in [7, 11) is 16.1. The first-order valence-electron chi connectivity index (χ1n) is 8.62. The predicted octanol–water partition coefficient (Wildman–Crippen LogP) is 3.33. The molecule has 2 aromatic carbocycles. The highest BCUT2D eigenvalue weighted by atomic mass is 19.4. The van der Waals surface area contributed by atoms with E-state index in [-0.39, 0.29) is 6.61 Å². The van der Waals surface area contributed by atoms with Gasteiger partial charge >= 0.3 is 6.18 Å². The molecule has 1 aromatic heterocycles. The minimum absolute atomic E-state index is 0.264. The van der Waals surface area contributed by atoms with Gasteiger partial charge in [0, 0.05) is 23.5 Å². The highest BCUT2D eigenvalue weighted by molar-refractivity contribution is 6.69. The number of carbonyl (C=O) groups is 1. The van der Waals surface area contributed by atoms with Crippen LogP contribution in [0.25, 0.3) is 10.9 Å². The number of rotatable bonds is 6. The van der Waals surface area contributed by atoms with E-state index in [0.717, 1.165) is 28.6 Å².